The zero-order chi connectivity index (χ0) is 37.7. The Morgan fingerprint density at radius 2 is 0.842 bits per heavy atom. The number of rotatable bonds is 7. The van der Waals surface area contributed by atoms with Crippen molar-refractivity contribution < 1.29 is 4.42 Å². The van der Waals surface area contributed by atoms with Gasteiger partial charge in [-0.1, -0.05) is 152 Å². The molecule has 3 nitrogen and oxygen atoms in total. The molecule has 0 fully saturated rings. The molecule has 11 rings (SSSR count). The second-order valence-electron chi connectivity index (χ2n) is 14.5. The largest absolute Gasteiger partial charge is 0.456 e. The van der Waals surface area contributed by atoms with E-state index in [0.29, 0.717) is 0 Å². The van der Waals surface area contributed by atoms with Gasteiger partial charge in [-0.3, -0.25) is 0 Å². The fraction of sp³-hybridized carbons (Fsp3) is 0. The van der Waals surface area contributed by atoms with Crippen molar-refractivity contribution in [1.29, 1.82) is 0 Å². The van der Waals surface area contributed by atoms with Gasteiger partial charge in [0.05, 0.1) is 16.7 Å². The number of furan rings is 1. The highest BCUT2D eigenvalue weighted by Crippen LogP contribution is 2.41. The summed E-state index contributed by atoms with van der Waals surface area (Å²) in [6, 6.07) is 78.1. The molecule has 11 aromatic rings. The normalized spacial score (nSPS) is 11.5. The van der Waals surface area contributed by atoms with Gasteiger partial charge in [-0.05, 0) is 94.5 Å². The van der Waals surface area contributed by atoms with Gasteiger partial charge in [0.25, 0.3) is 0 Å². The van der Waals surface area contributed by atoms with Gasteiger partial charge in [0.2, 0.25) is 0 Å². The average Bonchev–Trinajstić information content (AvgIpc) is 3.83. The molecule has 0 aliphatic rings. The zero-order valence-electron chi connectivity index (χ0n) is 31.1. The first kappa shape index (κ1) is 32.8. The van der Waals surface area contributed by atoms with Gasteiger partial charge >= 0.3 is 0 Å². The summed E-state index contributed by atoms with van der Waals surface area (Å²) in [6.45, 7) is 0. The maximum Gasteiger partial charge on any atom is 0.135 e. The van der Waals surface area contributed by atoms with Gasteiger partial charge in [0.15, 0.2) is 0 Å². The number of para-hydroxylation sites is 4. The predicted molar refractivity (Wildman–Crippen MR) is 239 cm³/mol. The summed E-state index contributed by atoms with van der Waals surface area (Å²) < 4.78 is 8.62. The van der Waals surface area contributed by atoms with Crippen LogP contribution in [-0.2, 0) is 0 Å². The van der Waals surface area contributed by atoms with Crippen LogP contribution in [0.15, 0.2) is 223 Å². The molecular weight excluding hydrogens is 693 g/mol. The minimum Gasteiger partial charge on any atom is -0.456 e. The Balaban J connectivity index is 0.967. The number of hydrogen-bond acceptors (Lipinski definition) is 2. The van der Waals surface area contributed by atoms with E-state index >= 15 is 0 Å². The summed E-state index contributed by atoms with van der Waals surface area (Å²) in [7, 11) is 0. The standard InChI is InChI=1S/C54H36N2O/c1-2-13-37(14-3-1)41-15-12-16-43(35-41)55(44-33-34-54-49(36-44)48-20-7-11-24-53(48)57-54)42-31-29-39(30-32-42)38-25-27-40(28-26-38)45-17-4-8-21-50(45)56-51-22-9-5-18-46(51)47-19-6-10-23-52(47)56/h1-36H. The summed E-state index contributed by atoms with van der Waals surface area (Å²) in [5, 5.41) is 4.74. The lowest BCUT2D eigenvalue weighted by Gasteiger charge is -2.26. The fourth-order valence-corrected chi connectivity index (χ4v) is 8.50. The van der Waals surface area contributed by atoms with Gasteiger partial charge < -0.3 is 13.9 Å². The summed E-state index contributed by atoms with van der Waals surface area (Å²) >= 11 is 0. The first-order chi connectivity index (χ1) is 28.3. The van der Waals surface area contributed by atoms with Crippen LogP contribution in [0.4, 0.5) is 17.1 Å². The maximum atomic E-state index is 6.22. The third-order valence-corrected chi connectivity index (χ3v) is 11.2. The van der Waals surface area contributed by atoms with E-state index in [1.807, 2.05) is 12.1 Å². The predicted octanol–water partition coefficient (Wildman–Crippen LogP) is 15.2. The quantitative estimate of drug-likeness (QED) is 0.163. The van der Waals surface area contributed by atoms with E-state index in [1.165, 1.54) is 55.3 Å². The van der Waals surface area contributed by atoms with E-state index in [4.69, 9.17) is 4.42 Å². The highest BCUT2D eigenvalue weighted by atomic mass is 16.3. The maximum absolute atomic E-state index is 6.22. The van der Waals surface area contributed by atoms with Crippen LogP contribution in [0.2, 0.25) is 0 Å². The lowest BCUT2D eigenvalue weighted by Crippen LogP contribution is -2.10. The Kier molecular flexibility index (Phi) is 7.82. The van der Waals surface area contributed by atoms with Crippen LogP contribution in [0.25, 0.3) is 82.8 Å². The summed E-state index contributed by atoms with van der Waals surface area (Å²) in [6.07, 6.45) is 0. The molecule has 2 heterocycles. The number of fused-ring (bicyclic) bond motifs is 6. The van der Waals surface area contributed by atoms with Crippen LogP contribution in [0.3, 0.4) is 0 Å². The molecule has 0 saturated carbocycles. The van der Waals surface area contributed by atoms with Crippen molar-refractivity contribution in [2.24, 2.45) is 0 Å². The minimum absolute atomic E-state index is 0.884. The first-order valence-corrected chi connectivity index (χ1v) is 19.4. The Morgan fingerprint density at radius 3 is 1.60 bits per heavy atom. The second kappa shape index (κ2) is 13.6. The summed E-state index contributed by atoms with van der Waals surface area (Å²) in [5.41, 5.74) is 15.7. The van der Waals surface area contributed by atoms with Crippen LogP contribution in [-0.4, -0.2) is 4.57 Å². The third kappa shape index (κ3) is 5.68. The van der Waals surface area contributed by atoms with Crippen molar-refractivity contribution in [1.82, 2.24) is 4.57 Å². The Morgan fingerprint density at radius 1 is 0.316 bits per heavy atom. The molecule has 0 amide bonds. The number of anilines is 3. The van der Waals surface area contributed by atoms with Crippen molar-refractivity contribution in [3.8, 4) is 39.1 Å². The smallest absolute Gasteiger partial charge is 0.135 e. The van der Waals surface area contributed by atoms with Crippen LogP contribution >= 0.6 is 0 Å². The van der Waals surface area contributed by atoms with E-state index in [2.05, 4.69) is 216 Å². The third-order valence-electron chi connectivity index (χ3n) is 11.2. The van der Waals surface area contributed by atoms with E-state index in [-0.39, 0.29) is 0 Å². The zero-order valence-corrected chi connectivity index (χ0v) is 31.1. The SMILES string of the molecule is c1ccc(-c2cccc(N(c3ccc(-c4ccc(-c5ccccc5-n5c6ccccc6c6ccccc65)cc4)cc3)c3ccc4oc5ccccc5c4c3)c2)cc1. The van der Waals surface area contributed by atoms with Gasteiger partial charge in [-0.2, -0.15) is 0 Å². The van der Waals surface area contributed by atoms with Gasteiger partial charge in [0, 0.05) is 44.2 Å². The van der Waals surface area contributed by atoms with E-state index in [0.717, 1.165) is 44.6 Å². The van der Waals surface area contributed by atoms with Crippen LogP contribution in [0, 0.1) is 0 Å². The van der Waals surface area contributed by atoms with Crippen molar-refractivity contribution in [2.45, 2.75) is 0 Å². The highest BCUT2D eigenvalue weighted by molar-refractivity contribution is 6.10. The van der Waals surface area contributed by atoms with Gasteiger partial charge in [-0.25, -0.2) is 0 Å². The molecule has 0 aliphatic carbocycles. The molecule has 0 atom stereocenters. The molecule has 0 aliphatic heterocycles. The minimum atomic E-state index is 0.884. The van der Waals surface area contributed by atoms with E-state index in [9.17, 15) is 0 Å². The Labute approximate surface area is 330 Å². The summed E-state index contributed by atoms with van der Waals surface area (Å²) in [4.78, 5) is 2.34. The molecule has 0 unspecified atom stereocenters. The van der Waals surface area contributed by atoms with Crippen LogP contribution in [0.5, 0.6) is 0 Å². The number of aromatic nitrogens is 1. The van der Waals surface area contributed by atoms with Crippen molar-refractivity contribution >= 4 is 60.8 Å². The van der Waals surface area contributed by atoms with E-state index < -0.39 is 0 Å². The monoisotopic (exact) mass is 728 g/mol. The van der Waals surface area contributed by atoms with Crippen LogP contribution < -0.4 is 4.90 Å². The molecule has 0 spiro atoms. The lowest BCUT2D eigenvalue weighted by molar-refractivity contribution is 0.669. The average molecular weight is 729 g/mol. The molecular formula is C54H36N2O. The Hall–Kier alpha value is -7.62. The molecule has 2 aromatic heterocycles. The highest BCUT2D eigenvalue weighted by Gasteiger charge is 2.18. The first-order valence-electron chi connectivity index (χ1n) is 19.4. The molecule has 0 bridgehead atoms. The molecule has 57 heavy (non-hydrogen) atoms. The topological polar surface area (TPSA) is 21.3 Å². The van der Waals surface area contributed by atoms with Gasteiger partial charge in [0.1, 0.15) is 11.2 Å². The molecule has 9 aromatic carbocycles. The molecule has 0 radical (unpaired) electrons. The van der Waals surface area contributed by atoms with Crippen molar-refractivity contribution in [3.05, 3.63) is 218 Å². The molecule has 268 valence electrons. The summed E-state index contributed by atoms with van der Waals surface area (Å²) in [5.74, 6) is 0. The molecule has 0 saturated heterocycles. The van der Waals surface area contributed by atoms with Crippen molar-refractivity contribution in [3.63, 3.8) is 0 Å². The number of hydrogen-bond donors (Lipinski definition) is 0. The Bertz CT molecular complexity index is 3170. The molecule has 0 N–H and O–H groups in total. The van der Waals surface area contributed by atoms with Gasteiger partial charge in [-0.15, -0.1) is 0 Å². The lowest BCUT2D eigenvalue weighted by atomic mass is 9.98. The molecule has 3 heteroatoms. The van der Waals surface area contributed by atoms with E-state index in [1.54, 1.807) is 0 Å². The number of nitrogens with zero attached hydrogens (tertiary/aromatic N) is 2. The number of benzene rings is 9. The van der Waals surface area contributed by atoms with Crippen LogP contribution in [0.1, 0.15) is 0 Å². The van der Waals surface area contributed by atoms with Crippen molar-refractivity contribution in [2.75, 3.05) is 4.90 Å². The second-order valence-corrected chi connectivity index (χ2v) is 14.5. The fourth-order valence-electron chi connectivity index (χ4n) is 8.50.